The zero-order valence-corrected chi connectivity index (χ0v) is 19.8. The van der Waals surface area contributed by atoms with Gasteiger partial charge in [-0.25, -0.2) is 14.5 Å². The molecule has 9 nitrogen and oxygen atoms in total. The fourth-order valence-electron chi connectivity index (χ4n) is 4.91. The summed E-state index contributed by atoms with van der Waals surface area (Å²) in [5.41, 5.74) is 2.40. The van der Waals surface area contributed by atoms with Crippen molar-refractivity contribution in [3.8, 4) is 11.4 Å². The number of hydrogen-bond acceptors (Lipinski definition) is 6. The Morgan fingerprint density at radius 1 is 1.06 bits per heavy atom. The summed E-state index contributed by atoms with van der Waals surface area (Å²) in [6, 6.07) is 3.61. The molecule has 2 fully saturated rings. The van der Waals surface area contributed by atoms with Crippen LogP contribution >= 0.6 is 0 Å². The Bertz CT molecular complexity index is 992. The molecule has 0 spiro atoms. The van der Waals surface area contributed by atoms with Gasteiger partial charge in [-0.3, -0.25) is 10.1 Å². The lowest BCUT2D eigenvalue weighted by atomic mass is 9.88. The number of aromatic nitrogens is 4. The molecule has 2 aromatic heterocycles. The van der Waals surface area contributed by atoms with E-state index in [0.29, 0.717) is 34.5 Å². The first-order valence-electron chi connectivity index (χ1n) is 12.1. The first-order valence-corrected chi connectivity index (χ1v) is 12.1. The number of amides is 2. The third-order valence-corrected chi connectivity index (χ3v) is 6.97. The quantitative estimate of drug-likeness (QED) is 0.647. The second kappa shape index (κ2) is 10.3. The molecule has 9 heteroatoms. The summed E-state index contributed by atoms with van der Waals surface area (Å²) in [4.78, 5) is 29.8. The van der Waals surface area contributed by atoms with Crippen LogP contribution in [0.3, 0.4) is 0 Å². The Hall–Kier alpha value is -2.97. The van der Waals surface area contributed by atoms with Gasteiger partial charge in [-0.05, 0) is 57.6 Å². The molecule has 4 rings (SSSR count). The van der Waals surface area contributed by atoms with E-state index in [1.165, 1.54) is 23.9 Å². The smallest absolute Gasteiger partial charge is 0.413 e. The van der Waals surface area contributed by atoms with Crippen molar-refractivity contribution in [2.24, 2.45) is 18.9 Å². The first kappa shape index (κ1) is 23.2. The van der Waals surface area contributed by atoms with Crippen LogP contribution in [0, 0.1) is 18.8 Å². The van der Waals surface area contributed by atoms with Gasteiger partial charge in [0.15, 0.2) is 11.5 Å². The molecule has 0 saturated heterocycles. The van der Waals surface area contributed by atoms with E-state index in [4.69, 9.17) is 4.74 Å². The van der Waals surface area contributed by atoms with E-state index in [1.54, 1.807) is 13.1 Å². The van der Waals surface area contributed by atoms with Crippen LogP contribution in [-0.4, -0.2) is 38.1 Å². The van der Waals surface area contributed by atoms with Crippen LogP contribution in [0.15, 0.2) is 12.1 Å². The summed E-state index contributed by atoms with van der Waals surface area (Å²) < 4.78 is 7.10. The number of aryl methyl sites for hydroxylation is 2. The summed E-state index contributed by atoms with van der Waals surface area (Å²) >= 11 is 0. The molecule has 0 radical (unpaired) electrons. The van der Waals surface area contributed by atoms with Gasteiger partial charge in [0.05, 0.1) is 17.1 Å². The Morgan fingerprint density at radius 3 is 2.45 bits per heavy atom. The average molecular weight is 455 g/mol. The number of rotatable bonds is 6. The maximum atomic E-state index is 12.6. The zero-order chi connectivity index (χ0) is 23.4. The highest BCUT2D eigenvalue weighted by molar-refractivity contribution is 5.93. The number of nitrogens with one attached hydrogen (secondary N) is 2. The van der Waals surface area contributed by atoms with Crippen molar-refractivity contribution < 1.29 is 14.3 Å². The molecule has 2 amide bonds. The van der Waals surface area contributed by atoms with Gasteiger partial charge in [-0.1, -0.05) is 37.3 Å². The third-order valence-electron chi connectivity index (χ3n) is 6.97. The van der Waals surface area contributed by atoms with Crippen LogP contribution in [-0.2, 0) is 16.6 Å². The van der Waals surface area contributed by atoms with Crippen molar-refractivity contribution in [3.05, 3.63) is 17.8 Å². The minimum atomic E-state index is -0.519. The van der Waals surface area contributed by atoms with Gasteiger partial charge in [-0.15, -0.1) is 5.10 Å². The summed E-state index contributed by atoms with van der Waals surface area (Å²) in [5, 5.41) is 14.1. The van der Waals surface area contributed by atoms with Crippen LogP contribution in [0.5, 0.6) is 0 Å². The molecule has 33 heavy (non-hydrogen) atoms. The SMILES string of the molecule is Cc1nc(-c2nnn(C)c2NC(=O)O[C@@H](C)C2CCCC2)ccc1NC(=O)C1CCCCC1. The van der Waals surface area contributed by atoms with E-state index in [2.05, 4.69) is 25.9 Å². The molecule has 2 N–H and O–H groups in total. The Balaban J connectivity index is 1.44. The van der Waals surface area contributed by atoms with Crippen LogP contribution in [0.25, 0.3) is 11.4 Å². The van der Waals surface area contributed by atoms with Gasteiger partial charge in [0.25, 0.3) is 0 Å². The van der Waals surface area contributed by atoms with Gasteiger partial charge in [-0.2, -0.15) is 0 Å². The first-order chi connectivity index (χ1) is 15.9. The van der Waals surface area contributed by atoms with E-state index < -0.39 is 6.09 Å². The number of carbonyl (C=O) groups excluding carboxylic acids is 2. The average Bonchev–Trinajstić information content (AvgIpc) is 3.47. The van der Waals surface area contributed by atoms with Gasteiger partial charge in [0.2, 0.25) is 5.91 Å². The highest BCUT2D eigenvalue weighted by Crippen LogP contribution is 2.30. The molecule has 0 unspecified atom stereocenters. The maximum Gasteiger partial charge on any atom is 0.413 e. The molecule has 0 aliphatic heterocycles. The molecular weight excluding hydrogens is 420 g/mol. The second-order valence-corrected chi connectivity index (χ2v) is 9.34. The summed E-state index contributed by atoms with van der Waals surface area (Å²) in [7, 11) is 1.71. The lowest BCUT2D eigenvalue weighted by molar-refractivity contribution is -0.120. The lowest BCUT2D eigenvalue weighted by Gasteiger charge is -2.21. The molecule has 2 aromatic rings. The van der Waals surface area contributed by atoms with Gasteiger partial charge >= 0.3 is 6.09 Å². The predicted octanol–water partition coefficient (Wildman–Crippen LogP) is 4.83. The van der Waals surface area contributed by atoms with Crippen molar-refractivity contribution in [3.63, 3.8) is 0 Å². The molecule has 2 saturated carbocycles. The number of nitrogens with zero attached hydrogens (tertiary/aromatic N) is 4. The Kier molecular flexibility index (Phi) is 7.25. The van der Waals surface area contributed by atoms with E-state index in [1.807, 2.05) is 19.9 Å². The van der Waals surface area contributed by atoms with Crippen molar-refractivity contribution in [1.29, 1.82) is 0 Å². The fraction of sp³-hybridized carbons (Fsp3) is 0.625. The summed E-state index contributed by atoms with van der Waals surface area (Å²) in [6.45, 7) is 3.80. The van der Waals surface area contributed by atoms with Gasteiger partial charge in [0, 0.05) is 13.0 Å². The van der Waals surface area contributed by atoms with E-state index in [9.17, 15) is 9.59 Å². The highest BCUT2D eigenvalue weighted by atomic mass is 16.6. The van der Waals surface area contributed by atoms with Crippen LogP contribution < -0.4 is 10.6 Å². The molecular formula is C24H34N6O3. The van der Waals surface area contributed by atoms with Crippen molar-refractivity contribution in [2.75, 3.05) is 10.6 Å². The number of ether oxygens (including phenoxy) is 1. The molecule has 2 heterocycles. The number of pyridine rings is 1. The number of anilines is 2. The standard InChI is InChI=1S/C24H34N6O3/c1-15-19(26-23(31)18-11-5-4-6-12-18)13-14-20(25-15)21-22(30(3)29-28-21)27-24(32)33-16(2)17-9-7-8-10-17/h13-14,16-18H,4-12H2,1-3H3,(H,26,31)(H,27,32)/t16-/m0/s1. The predicted molar refractivity (Wildman–Crippen MR) is 126 cm³/mol. The lowest BCUT2D eigenvalue weighted by Crippen LogP contribution is -2.26. The summed E-state index contributed by atoms with van der Waals surface area (Å²) in [5.74, 6) is 0.977. The Morgan fingerprint density at radius 2 is 1.76 bits per heavy atom. The van der Waals surface area contributed by atoms with Crippen molar-refractivity contribution >= 4 is 23.5 Å². The van der Waals surface area contributed by atoms with E-state index in [0.717, 1.165) is 38.5 Å². The van der Waals surface area contributed by atoms with Crippen molar-refractivity contribution in [1.82, 2.24) is 20.0 Å². The second-order valence-electron chi connectivity index (χ2n) is 9.34. The van der Waals surface area contributed by atoms with E-state index in [-0.39, 0.29) is 17.9 Å². The van der Waals surface area contributed by atoms with Crippen LogP contribution in [0.2, 0.25) is 0 Å². The van der Waals surface area contributed by atoms with Crippen molar-refractivity contribution in [2.45, 2.75) is 77.7 Å². The van der Waals surface area contributed by atoms with E-state index >= 15 is 0 Å². The van der Waals surface area contributed by atoms with Crippen LogP contribution in [0.1, 0.15) is 70.4 Å². The topological polar surface area (TPSA) is 111 Å². The zero-order valence-electron chi connectivity index (χ0n) is 19.8. The highest BCUT2D eigenvalue weighted by Gasteiger charge is 2.26. The Labute approximate surface area is 194 Å². The molecule has 2 aliphatic carbocycles. The molecule has 178 valence electrons. The normalized spacial score (nSPS) is 18.2. The third kappa shape index (κ3) is 5.51. The number of hydrogen-bond donors (Lipinski definition) is 2. The largest absolute Gasteiger partial charge is 0.446 e. The molecule has 1 atom stereocenters. The molecule has 2 aliphatic rings. The minimum absolute atomic E-state index is 0.0633. The summed E-state index contributed by atoms with van der Waals surface area (Å²) in [6.07, 6.45) is 9.24. The minimum Gasteiger partial charge on any atom is -0.446 e. The van der Waals surface area contributed by atoms with Gasteiger partial charge in [0.1, 0.15) is 6.10 Å². The molecule has 0 bridgehead atoms. The number of carbonyl (C=O) groups is 2. The monoisotopic (exact) mass is 454 g/mol. The fourth-order valence-corrected chi connectivity index (χ4v) is 4.91. The van der Waals surface area contributed by atoms with Gasteiger partial charge < -0.3 is 10.1 Å². The maximum absolute atomic E-state index is 12.6. The molecule has 0 aromatic carbocycles. The van der Waals surface area contributed by atoms with Crippen LogP contribution in [0.4, 0.5) is 16.3 Å².